The predicted molar refractivity (Wildman–Crippen MR) is 61.9 cm³/mol. The van der Waals surface area contributed by atoms with Gasteiger partial charge in [0.1, 0.15) is 0 Å². The summed E-state index contributed by atoms with van der Waals surface area (Å²) in [5, 5.41) is 0.717. The van der Waals surface area contributed by atoms with Crippen molar-refractivity contribution in [2.24, 2.45) is 0 Å². The Balaban J connectivity index is 2.30. The van der Waals surface area contributed by atoms with Crippen LogP contribution in [-0.2, 0) is 4.79 Å². The van der Waals surface area contributed by atoms with Gasteiger partial charge in [-0.05, 0) is 36.4 Å². The average molecular weight is 222 g/mol. The van der Waals surface area contributed by atoms with Crippen molar-refractivity contribution in [3.8, 4) is 0 Å². The normalized spacial score (nSPS) is 17.7. The van der Waals surface area contributed by atoms with Gasteiger partial charge in [-0.15, -0.1) is 0 Å². The van der Waals surface area contributed by atoms with E-state index in [9.17, 15) is 4.79 Å². The minimum Gasteiger partial charge on any atom is -0.295 e. The molecule has 1 aromatic rings. The SMILES string of the molecule is CN1CC(=O)C=C(c2ccc(Cl)cc2)C1. The van der Waals surface area contributed by atoms with E-state index in [1.807, 2.05) is 36.2 Å². The molecular formula is C12H12ClNO. The van der Waals surface area contributed by atoms with Crippen molar-refractivity contribution in [1.29, 1.82) is 0 Å². The summed E-state index contributed by atoms with van der Waals surface area (Å²) in [4.78, 5) is 13.4. The lowest BCUT2D eigenvalue weighted by atomic mass is 10.0. The maximum absolute atomic E-state index is 11.4. The van der Waals surface area contributed by atoms with Crippen molar-refractivity contribution >= 4 is 23.0 Å². The number of nitrogens with zero attached hydrogens (tertiary/aromatic N) is 1. The lowest BCUT2D eigenvalue weighted by Crippen LogP contribution is -2.30. The molecule has 0 bridgehead atoms. The van der Waals surface area contributed by atoms with Gasteiger partial charge < -0.3 is 0 Å². The number of halogens is 1. The largest absolute Gasteiger partial charge is 0.295 e. The highest BCUT2D eigenvalue weighted by atomic mass is 35.5. The molecule has 0 saturated heterocycles. The molecule has 0 fully saturated rings. The highest BCUT2D eigenvalue weighted by Crippen LogP contribution is 2.20. The van der Waals surface area contributed by atoms with Crippen LogP contribution in [0.25, 0.3) is 5.57 Å². The van der Waals surface area contributed by atoms with Crippen molar-refractivity contribution < 1.29 is 4.79 Å². The highest BCUT2D eigenvalue weighted by molar-refractivity contribution is 6.30. The van der Waals surface area contributed by atoms with Gasteiger partial charge in [-0.25, -0.2) is 0 Å². The van der Waals surface area contributed by atoms with E-state index in [4.69, 9.17) is 11.6 Å². The number of likely N-dealkylation sites (N-methyl/N-ethyl adjacent to an activating group) is 1. The molecular weight excluding hydrogens is 210 g/mol. The zero-order chi connectivity index (χ0) is 10.8. The van der Waals surface area contributed by atoms with E-state index in [-0.39, 0.29) is 5.78 Å². The van der Waals surface area contributed by atoms with Crippen LogP contribution in [0.5, 0.6) is 0 Å². The van der Waals surface area contributed by atoms with Gasteiger partial charge in [0.05, 0.1) is 6.54 Å². The van der Waals surface area contributed by atoms with Gasteiger partial charge in [-0.3, -0.25) is 9.69 Å². The molecule has 0 radical (unpaired) electrons. The van der Waals surface area contributed by atoms with Gasteiger partial charge in [0.15, 0.2) is 5.78 Å². The molecule has 2 rings (SSSR count). The van der Waals surface area contributed by atoms with Crippen molar-refractivity contribution in [2.45, 2.75) is 0 Å². The molecule has 78 valence electrons. The van der Waals surface area contributed by atoms with Gasteiger partial charge in [-0.1, -0.05) is 23.7 Å². The average Bonchev–Trinajstić information content (AvgIpc) is 2.17. The second kappa shape index (κ2) is 4.17. The Bertz CT molecular complexity index is 408. The van der Waals surface area contributed by atoms with Crippen molar-refractivity contribution in [1.82, 2.24) is 4.90 Å². The van der Waals surface area contributed by atoms with Gasteiger partial charge in [0.25, 0.3) is 0 Å². The molecule has 0 aromatic heterocycles. The second-order valence-corrected chi connectivity index (χ2v) is 4.25. The fourth-order valence-electron chi connectivity index (χ4n) is 1.74. The number of hydrogen-bond donors (Lipinski definition) is 0. The van der Waals surface area contributed by atoms with Crippen LogP contribution in [0.3, 0.4) is 0 Å². The van der Waals surface area contributed by atoms with E-state index in [1.54, 1.807) is 6.08 Å². The first kappa shape index (κ1) is 10.4. The summed E-state index contributed by atoms with van der Waals surface area (Å²) in [6.07, 6.45) is 1.73. The maximum Gasteiger partial charge on any atom is 0.169 e. The third kappa shape index (κ3) is 2.46. The minimum absolute atomic E-state index is 0.161. The lowest BCUT2D eigenvalue weighted by Gasteiger charge is -2.22. The van der Waals surface area contributed by atoms with E-state index in [0.29, 0.717) is 6.54 Å². The quantitative estimate of drug-likeness (QED) is 0.725. The molecule has 0 spiro atoms. The predicted octanol–water partition coefficient (Wildman–Crippen LogP) is 2.24. The minimum atomic E-state index is 0.161. The van der Waals surface area contributed by atoms with Crippen LogP contribution < -0.4 is 0 Å². The Labute approximate surface area is 94.2 Å². The Morgan fingerprint density at radius 1 is 1.20 bits per heavy atom. The summed E-state index contributed by atoms with van der Waals surface area (Å²) in [7, 11) is 1.95. The van der Waals surface area contributed by atoms with E-state index in [1.165, 1.54) is 0 Å². The molecule has 0 atom stereocenters. The molecule has 3 heteroatoms. The molecule has 1 aromatic carbocycles. The Morgan fingerprint density at radius 2 is 1.87 bits per heavy atom. The topological polar surface area (TPSA) is 20.3 Å². The van der Waals surface area contributed by atoms with Gasteiger partial charge >= 0.3 is 0 Å². The smallest absolute Gasteiger partial charge is 0.169 e. The Kier molecular flexibility index (Phi) is 2.89. The molecule has 0 amide bonds. The summed E-state index contributed by atoms with van der Waals surface area (Å²) in [6, 6.07) is 7.58. The van der Waals surface area contributed by atoms with Crippen LogP contribution in [0.4, 0.5) is 0 Å². The van der Waals surface area contributed by atoms with Gasteiger partial charge in [0, 0.05) is 11.6 Å². The van der Waals surface area contributed by atoms with E-state index >= 15 is 0 Å². The standard InChI is InChI=1S/C12H12ClNO/c1-14-7-10(6-12(15)8-14)9-2-4-11(13)5-3-9/h2-6H,7-8H2,1H3. The molecule has 2 nitrogen and oxygen atoms in total. The summed E-state index contributed by atoms with van der Waals surface area (Å²) in [5.74, 6) is 0.161. The zero-order valence-electron chi connectivity index (χ0n) is 8.53. The number of ketones is 1. The number of rotatable bonds is 1. The van der Waals surface area contributed by atoms with Crippen LogP contribution >= 0.6 is 11.6 Å². The summed E-state index contributed by atoms with van der Waals surface area (Å²) >= 11 is 5.81. The van der Waals surface area contributed by atoms with E-state index in [0.717, 1.165) is 22.7 Å². The molecule has 0 saturated carbocycles. The number of carbonyl (C=O) groups excluding carboxylic acids is 1. The van der Waals surface area contributed by atoms with Gasteiger partial charge in [0.2, 0.25) is 0 Å². The fourth-order valence-corrected chi connectivity index (χ4v) is 1.86. The third-order valence-electron chi connectivity index (χ3n) is 2.42. The number of carbonyl (C=O) groups is 1. The first-order valence-electron chi connectivity index (χ1n) is 4.83. The fraction of sp³-hybridized carbons (Fsp3) is 0.250. The molecule has 0 N–H and O–H groups in total. The third-order valence-corrected chi connectivity index (χ3v) is 2.67. The maximum atomic E-state index is 11.4. The molecule has 0 unspecified atom stereocenters. The summed E-state index contributed by atoms with van der Waals surface area (Å²) in [5.41, 5.74) is 2.13. The van der Waals surface area contributed by atoms with Crippen LogP contribution in [-0.4, -0.2) is 30.8 Å². The number of benzene rings is 1. The summed E-state index contributed by atoms with van der Waals surface area (Å²) < 4.78 is 0. The first-order chi connectivity index (χ1) is 7.15. The van der Waals surface area contributed by atoms with E-state index in [2.05, 4.69) is 0 Å². The number of hydrogen-bond acceptors (Lipinski definition) is 2. The van der Waals surface area contributed by atoms with Crippen LogP contribution in [0.1, 0.15) is 5.56 Å². The van der Waals surface area contributed by atoms with Crippen LogP contribution in [0.15, 0.2) is 30.3 Å². The lowest BCUT2D eigenvalue weighted by molar-refractivity contribution is -0.115. The van der Waals surface area contributed by atoms with Crippen molar-refractivity contribution in [3.63, 3.8) is 0 Å². The highest BCUT2D eigenvalue weighted by Gasteiger charge is 2.15. The van der Waals surface area contributed by atoms with Crippen LogP contribution in [0, 0.1) is 0 Å². The Morgan fingerprint density at radius 3 is 2.47 bits per heavy atom. The molecule has 1 heterocycles. The van der Waals surface area contributed by atoms with Crippen molar-refractivity contribution in [2.75, 3.05) is 20.1 Å². The van der Waals surface area contributed by atoms with Crippen molar-refractivity contribution in [3.05, 3.63) is 40.9 Å². The second-order valence-electron chi connectivity index (χ2n) is 3.82. The summed E-state index contributed by atoms with van der Waals surface area (Å²) in [6.45, 7) is 1.32. The molecule has 0 aliphatic carbocycles. The zero-order valence-corrected chi connectivity index (χ0v) is 9.29. The van der Waals surface area contributed by atoms with Gasteiger partial charge in [-0.2, -0.15) is 0 Å². The monoisotopic (exact) mass is 221 g/mol. The first-order valence-corrected chi connectivity index (χ1v) is 5.21. The Hall–Kier alpha value is -1.12. The molecule has 1 aliphatic heterocycles. The van der Waals surface area contributed by atoms with E-state index < -0.39 is 0 Å². The molecule has 15 heavy (non-hydrogen) atoms. The van der Waals surface area contributed by atoms with Crippen LogP contribution in [0.2, 0.25) is 5.02 Å². The molecule has 1 aliphatic rings.